The Morgan fingerprint density at radius 2 is 1.77 bits per heavy atom. The second kappa shape index (κ2) is 9.29. The summed E-state index contributed by atoms with van der Waals surface area (Å²) in [7, 11) is 0. The molecule has 0 saturated heterocycles. The van der Waals surface area contributed by atoms with Gasteiger partial charge in [0.2, 0.25) is 0 Å². The van der Waals surface area contributed by atoms with Crippen LogP contribution in [0, 0.1) is 0 Å². The Bertz CT molecular complexity index is 137. The number of unbranched alkanes of at least 4 members (excludes halogenated alkanes) is 5. The van der Waals surface area contributed by atoms with E-state index < -0.39 is 0 Å². The lowest BCUT2D eigenvalue weighted by Gasteiger charge is -2.05. The van der Waals surface area contributed by atoms with E-state index in [-0.39, 0.29) is 5.38 Å². The zero-order valence-corrected chi connectivity index (χ0v) is 10.7. The first kappa shape index (κ1) is 13.7. The van der Waals surface area contributed by atoms with Gasteiger partial charge in [-0.3, -0.25) is 0 Å². The molecule has 0 aliphatic carbocycles. The van der Waals surface area contributed by atoms with E-state index in [4.69, 9.17) is 23.8 Å². The molecule has 0 rings (SSSR count). The van der Waals surface area contributed by atoms with Gasteiger partial charge in [-0.15, -0.1) is 24.2 Å². The minimum absolute atomic E-state index is 0.00971. The summed E-state index contributed by atoms with van der Waals surface area (Å²) in [6, 6.07) is 0. The van der Waals surface area contributed by atoms with E-state index in [9.17, 15) is 0 Å². The zero-order chi connectivity index (χ0) is 10.1. The first-order chi connectivity index (χ1) is 6.18. The van der Waals surface area contributed by atoms with Gasteiger partial charge in [0.05, 0.1) is 9.57 Å². The third kappa shape index (κ3) is 9.04. The van der Waals surface area contributed by atoms with Crippen molar-refractivity contribution in [2.75, 3.05) is 0 Å². The molecule has 0 N–H and O–H groups in total. The van der Waals surface area contributed by atoms with Crippen LogP contribution in [0.1, 0.15) is 51.9 Å². The summed E-state index contributed by atoms with van der Waals surface area (Å²) in [6.07, 6.45) is 8.79. The molecule has 0 saturated carbocycles. The molecule has 0 aliphatic heterocycles. The summed E-state index contributed by atoms with van der Waals surface area (Å²) in [4.78, 5) is 0. The molecule has 0 aliphatic rings. The van der Waals surface area contributed by atoms with Crippen LogP contribution in [-0.2, 0) is 0 Å². The predicted octanol–water partition coefficient (Wildman–Crippen LogP) is 4.60. The summed E-state index contributed by atoms with van der Waals surface area (Å²) >= 11 is 14.9. The van der Waals surface area contributed by atoms with Crippen LogP contribution in [0.3, 0.4) is 0 Å². The second-order valence-electron chi connectivity index (χ2n) is 3.36. The molecule has 0 heterocycles. The van der Waals surface area contributed by atoms with Crippen LogP contribution in [0.2, 0.25) is 0 Å². The molecule has 3 heteroatoms. The number of hydrogen-bond donors (Lipinski definition) is 1. The van der Waals surface area contributed by atoms with Gasteiger partial charge in [-0.05, 0) is 6.42 Å². The van der Waals surface area contributed by atoms with E-state index in [1.165, 1.54) is 38.5 Å². The molecule has 78 valence electrons. The number of alkyl halides is 1. The van der Waals surface area contributed by atoms with E-state index in [0.29, 0.717) is 4.20 Å². The highest BCUT2D eigenvalue weighted by Gasteiger charge is 2.05. The number of thiocarbonyl (C=S) groups is 1. The van der Waals surface area contributed by atoms with E-state index in [1.807, 2.05) is 0 Å². The van der Waals surface area contributed by atoms with Gasteiger partial charge in [-0.1, -0.05) is 57.7 Å². The van der Waals surface area contributed by atoms with Gasteiger partial charge < -0.3 is 0 Å². The zero-order valence-electron chi connectivity index (χ0n) is 8.26. The van der Waals surface area contributed by atoms with Crippen molar-refractivity contribution < 1.29 is 0 Å². The SMILES string of the molecule is CCCCCCCCC(Cl)C(=S)S. The fourth-order valence-corrected chi connectivity index (χ4v) is 1.63. The third-order valence-corrected chi connectivity index (χ3v) is 3.39. The lowest BCUT2D eigenvalue weighted by atomic mass is 10.1. The number of thiol groups is 1. The molecular weight excluding hydrogens is 220 g/mol. The average Bonchev–Trinajstić information content (AvgIpc) is 2.10. The maximum absolute atomic E-state index is 5.94. The highest BCUT2D eigenvalue weighted by atomic mass is 35.5. The third-order valence-electron chi connectivity index (χ3n) is 2.08. The fourth-order valence-electron chi connectivity index (χ4n) is 1.23. The van der Waals surface area contributed by atoms with Crippen LogP contribution in [0.5, 0.6) is 0 Å². The molecule has 1 atom stereocenters. The monoisotopic (exact) mass is 238 g/mol. The standard InChI is InChI=1S/C10H19ClS2/c1-2-3-4-5-6-7-8-9(11)10(12)13/h9H,2-8H2,1H3,(H,12,13). The molecule has 0 spiro atoms. The summed E-state index contributed by atoms with van der Waals surface area (Å²) in [5.41, 5.74) is 0. The van der Waals surface area contributed by atoms with E-state index >= 15 is 0 Å². The lowest BCUT2D eigenvalue weighted by molar-refractivity contribution is 0.597. The Morgan fingerprint density at radius 1 is 1.23 bits per heavy atom. The topological polar surface area (TPSA) is 0 Å². The van der Waals surface area contributed by atoms with Crippen molar-refractivity contribution in [3.63, 3.8) is 0 Å². The maximum Gasteiger partial charge on any atom is 0.0744 e. The van der Waals surface area contributed by atoms with Crippen molar-refractivity contribution >= 4 is 40.6 Å². The average molecular weight is 239 g/mol. The maximum atomic E-state index is 5.94. The molecule has 13 heavy (non-hydrogen) atoms. The Labute approximate surface area is 97.8 Å². The molecule has 0 bridgehead atoms. The Hall–Kier alpha value is 0.730. The van der Waals surface area contributed by atoms with Crippen molar-refractivity contribution in [2.45, 2.75) is 57.2 Å². The van der Waals surface area contributed by atoms with Gasteiger partial charge in [-0.2, -0.15) is 0 Å². The lowest BCUT2D eigenvalue weighted by Crippen LogP contribution is -2.04. The molecular formula is C10H19ClS2. The van der Waals surface area contributed by atoms with Gasteiger partial charge in [0.25, 0.3) is 0 Å². The van der Waals surface area contributed by atoms with Crippen molar-refractivity contribution in [3.05, 3.63) is 0 Å². The minimum Gasteiger partial charge on any atom is -0.135 e. The van der Waals surface area contributed by atoms with Crippen molar-refractivity contribution in [1.82, 2.24) is 0 Å². The summed E-state index contributed by atoms with van der Waals surface area (Å²) in [6.45, 7) is 2.23. The molecule has 0 nitrogen and oxygen atoms in total. The second-order valence-corrected chi connectivity index (χ2v) is 5.11. The Balaban J connectivity index is 3.11. The van der Waals surface area contributed by atoms with Crippen LogP contribution in [0.4, 0.5) is 0 Å². The highest BCUT2D eigenvalue weighted by molar-refractivity contribution is 8.11. The molecule has 0 aromatic rings. The van der Waals surface area contributed by atoms with Crippen LogP contribution in [0.25, 0.3) is 0 Å². The van der Waals surface area contributed by atoms with Crippen LogP contribution in [0.15, 0.2) is 0 Å². The van der Waals surface area contributed by atoms with Gasteiger partial charge >= 0.3 is 0 Å². The largest absolute Gasteiger partial charge is 0.135 e. The smallest absolute Gasteiger partial charge is 0.0744 e. The van der Waals surface area contributed by atoms with E-state index in [2.05, 4.69) is 19.6 Å². The van der Waals surface area contributed by atoms with Gasteiger partial charge in [-0.25, -0.2) is 0 Å². The summed E-state index contributed by atoms with van der Waals surface area (Å²) < 4.78 is 0.634. The normalized spacial score (nSPS) is 12.8. The Morgan fingerprint density at radius 3 is 2.31 bits per heavy atom. The van der Waals surface area contributed by atoms with E-state index in [0.717, 1.165) is 6.42 Å². The number of halogens is 1. The molecule has 0 radical (unpaired) electrons. The highest BCUT2D eigenvalue weighted by Crippen LogP contribution is 2.14. The number of rotatable bonds is 8. The first-order valence-corrected chi connectivity index (χ1v) is 6.34. The van der Waals surface area contributed by atoms with Gasteiger partial charge in [0.1, 0.15) is 0 Å². The quantitative estimate of drug-likeness (QED) is 0.279. The van der Waals surface area contributed by atoms with Crippen molar-refractivity contribution in [3.8, 4) is 0 Å². The van der Waals surface area contributed by atoms with Crippen LogP contribution in [-0.4, -0.2) is 9.57 Å². The summed E-state index contributed by atoms with van der Waals surface area (Å²) in [5, 5.41) is -0.00971. The van der Waals surface area contributed by atoms with Gasteiger partial charge in [0, 0.05) is 0 Å². The molecule has 0 aromatic carbocycles. The Kier molecular flexibility index (Phi) is 9.81. The molecule has 1 unspecified atom stereocenters. The van der Waals surface area contributed by atoms with E-state index in [1.54, 1.807) is 0 Å². The summed E-state index contributed by atoms with van der Waals surface area (Å²) in [5.74, 6) is 0. The van der Waals surface area contributed by atoms with Gasteiger partial charge in [0.15, 0.2) is 0 Å². The van der Waals surface area contributed by atoms with Crippen molar-refractivity contribution in [1.29, 1.82) is 0 Å². The molecule has 0 fully saturated rings. The molecule has 0 aromatic heterocycles. The fraction of sp³-hybridized carbons (Fsp3) is 0.900. The number of hydrogen-bond acceptors (Lipinski definition) is 1. The predicted molar refractivity (Wildman–Crippen MR) is 69.2 cm³/mol. The van der Waals surface area contributed by atoms with Crippen LogP contribution >= 0.6 is 36.4 Å². The minimum atomic E-state index is -0.00971. The van der Waals surface area contributed by atoms with Crippen molar-refractivity contribution in [2.24, 2.45) is 0 Å². The first-order valence-electron chi connectivity index (χ1n) is 5.05. The van der Waals surface area contributed by atoms with Crippen LogP contribution < -0.4 is 0 Å². The molecule has 0 amide bonds.